The smallest absolute Gasteiger partial charge is 0.256 e. The molecule has 0 saturated heterocycles. The topological polar surface area (TPSA) is 97.2 Å². The van der Waals surface area contributed by atoms with Crippen molar-refractivity contribution in [1.82, 2.24) is 19.1 Å². The number of hydrogen-bond acceptors (Lipinski definition) is 6. The largest absolute Gasteiger partial charge is 0.306 e. The Kier molecular flexibility index (Phi) is 6.92. The number of carbonyl (C=O) groups excluding carboxylic acids is 1. The van der Waals surface area contributed by atoms with Gasteiger partial charge in [0.15, 0.2) is 0 Å². The number of fused-ring (bicyclic) bond motifs is 1. The highest BCUT2D eigenvalue weighted by Gasteiger charge is 2.23. The molecule has 2 heterocycles. The molecule has 1 amide bonds. The van der Waals surface area contributed by atoms with Crippen LogP contribution in [0.4, 0.5) is 10.2 Å². The van der Waals surface area contributed by atoms with E-state index in [1.54, 1.807) is 25.1 Å². The maximum atomic E-state index is 14.1. The molecule has 4 rings (SSSR count). The van der Waals surface area contributed by atoms with Gasteiger partial charge in [-0.15, -0.1) is 13.2 Å². The number of anilines is 1. The standard InChI is InChI=1S/C24H22FN5O3S2/c1-4-13-29(14-5-2)35(32,33)18-11-9-17(10-12-18)23(31)26-21-15-16(3)28-30(21)24-27-22-19(25)7-6-8-20(22)34-24/h4-12,15H,1-2,13-14H2,3H3,(H,26,31). The van der Waals surface area contributed by atoms with E-state index in [0.717, 1.165) is 0 Å². The first kappa shape index (κ1) is 24.5. The van der Waals surface area contributed by atoms with Crippen molar-refractivity contribution in [2.24, 2.45) is 0 Å². The number of amides is 1. The average Bonchev–Trinajstić information content (AvgIpc) is 3.43. The average molecular weight is 512 g/mol. The van der Waals surface area contributed by atoms with Crippen LogP contribution >= 0.6 is 11.3 Å². The summed E-state index contributed by atoms with van der Waals surface area (Å²) >= 11 is 1.24. The monoisotopic (exact) mass is 511 g/mol. The molecule has 180 valence electrons. The van der Waals surface area contributed by atoms with Crippen molar-refractivity contribution < 1.29 is 17.6 Å². The summed E-state index contributed by atoms with van der Waals surface area (Å²) in [5, 5.41) is 7.56. The molecule has 0 atom stereocenters. The summed E-state index contributed by atoms with van der Waals surface area (Å²) in [7, 11) is -3.78. The van der Waals surface area contributed by atoms with Gasteiger partial charge in [0.05, 0.1) is 15.3 Å². The molecule has 11 heteroatoms. The Morgan fingerprint density at radius 1 is 1.17 bits per heavy atom. The van der Waals surface area contributed by atoms with Crippen LogP contribution in [0, 0.1) is 12.7 Å². The SMILES string of the molecule is C=CCN(CC=C)S(=O)(=O)c1ccc(C(=O)Nc2cc(C)nn2-c2nc3c(F)cccc3s2)cc1. The van der Waals surface area contributed by atoms with Crippen molar-refractivity contribution in [3.63, 3.8) is 0 Å². The molecule has 0 aliphatic rings. The van der Waals surface area contributed by atoms with Crippen LogP contribution in [0.1, 0.15) is 16.1 Å². The first-order valence-electron chi connectivity index (χ1n) is 10.5. The molecule has 1 N–H and O–H groups in total. The van der Waals surface area contributed by atoms with Gasteiger partial charge >= 0.3 is 0 Å². The van der Waals surface area contributed by atoms with Crippen LogP contribution in [-0.4, -0.2) is 46.5 Å². The quantitative estimate of drug-likeness (QED) is 0.333. The van der Waals surface area contributed by atoms with E-state index in [-0.39, 0.29) is 29.1 Å². The Hall–Kier alpha value is -3.67. The molecular weight excluding hydrogens is 489 g/mol. The number of hydrogen-bond donors (Lipinski definition) is 1. The van der Waals surface area contributed by atoms with Gasteiger partial charge < -0.3 is 5.32 Å². The summed E-state index contributed by atoms with van der Waals surface area (Å²) in [5.41, 5.74) is 1.12. The number of para-hydroxylation sites is 1. The molecule has 0 aliphatic carbocycles. The summed E-state index contributed by atoms with van der Waals surface area (Å²) in [4.78, 5) is 17.3. The Labute approximate surface area is 206 Å². The zero-order chi connectivity index (χ0) is 25.2. The second kappa shape index (κ2) is 9.90. The second-order valence-corrected chi connectivity index (χ2v) is 10.5. The van der Waals surface area contributed by atoms with Gasteiger partial charge in [0.1, 0.15) is 17.2 Å². The van der Waals surface area contributed by atoms with Gasteiger partial charge in [-0.25, -0.2) is 17.8 Å². The lowest BCUT2D eigenvalue weighted by Crippen LogP contribution is -2.31. The van der Waals surface area contributed by atoms with E-state index in [2.05, 4.69) is 28.6 Å². The van der Waals surface area contributed by atoms with E-state index in [1.807, 2.05) is 0 Å². The number of nitrogens with zero attached hydrogens (tertiary/aromatic N) is 4. The lowest BCUT2D eigenvalue weighted by molar-refractivity contribution is 0.102. The van der Waals surface area contributed by atoms with Crippen LogP contribution < -0.4 is 5.32 Å². The molecule has 35 heavy (non-hydrogen) atoms. The molecule has 0 fully saturated rings. The summed E-state index contributed by atoms with van der Waals surface area (Å²) < 4.78 is 43.2. The molecular formula is C24H22FN5O3S2. The van der Waals surface area contributed by atoms with Gasteiger partial charge in [0.2, 0.25) is 15.2 Å². The fourth-order valence-corrected chi connectivity index (χ4v) is 5.73. The summed E-state index contributed by atoms with van der Waals surface area (Å²) in [5.74, 6) is -0.544. The molecule has 2 aromatic carbocycles. The molecule has 8 nitrogen and oxygen atoms in total. The highest BCUT2D eigenvalue weighted by Crippen LogP contribution is 2.29. The van der Waals surface area contributed by atoms with Crippen LogP contribution in [-0.2, 0) is 10.0 Å². The third kappa shape index (κ3) is 4.92. The van der Waals surface area contributed by atoms with Crippen LogP contribution in [0.3, 0.4) is 0 Å². The predicted octanol–water partition coefficient (Wildman–Crippen LogP) is 4.54. The molecule has 0 saturated carbocycles. The molecule has 0 aliphatic heterocycles. The van der Waals surface area contributed by atoms with Crippen LogP contribution in [0.25, 0.3) is 15.3 Å². The number of nitrogens with one attached hydrogen (secondary N) is 1. The number of halogens is 1. The third-order valence-corrected chi connectivity index (χ3v) is 7.87. The minimum absolute atomic E-state index is 0.0511. The molecule has 4 aromatic rings. The molecule has 0 bridgehead atoms. The number of thiazole rings is 1. The van der Waals surface area contributed by atoms with Gasteiger partial charge in [0, 0.05) is 24.7 Å². The lowest BCUT2D eigenvalue weighted by atomic mass is 10.2. The molecule has 0 radical (unpaired) electrons. The van der Waals surface area contributed by atoms with E-state index in [9.17, 15) is 17.6 Å². The zero-order valence-corrected chi connectivity index (χ0v) is 20.4. The normalized spacial score (nSPS) is 11.6. The van der Waals surface area contributed by atoms with Crippen molar-refractivity contribution >= 4 is 43.3 Å². The van der Waals surface area contributed by atoms with Gasteiger partial charge in [0.25, 0.3) is 5.91 Å². The van der Waals surface area contributed by atoms with Crippen LogP contribution in [0.5, 0.6) is 0 Å². The van der Waals surface area contributed by atoms with Crippen molar-refractivity contribution in [3.8, 4) is 5.13 Å². The van der Waals surface area contributed by atoms with Crippen molar-refractivity contribution in [3.05, 3.63) is 90.9 Å². The highest BCUT2D eigenvalue weighted by molar-refractivity contribution is 7.89. The van der Waals surface area contributed by atoms with Gasteiger partial charge in [-0.05, 0) is 43.3 Å². The van der Waals surface area contributed by atoms with E-state index < -0.39 is 21.7 Å². The van der Waals surface area contributed by atoms with E-state index >= 15 is 0 Å². The fourth-order valence-electron chi connectivity index (χ4n) is 3.40. The zero-order valence-electron chi connectivity index (χ0n) is 18.8. The molecule has 0 spiro atoms. The summed E-state index contributed by atoms with van der Waals surface area (Å²) in [6.07, 6.45) is 2.99. The summed E-state index contributed by atoms with van der Waals surface area (Å²) in [6, 6.07) is 12.0. The first-order chi connectivity index (χ1) is 16.7. The lowest BCUT2D eigenvalue weighted by Gasteiger charge is -2.19. The highest BCUT2D eigenvalue weighted by atomic mass is 32.2. The number of rotatable bonds is 9. The fraction of sp³-hybridized carbons (Fsp3) is 0.125. The van der Waals surface area contributed by atoms with E-state index in [0.29, 0.717) is 21.3 Å². The number of benzene rings is 2. The predicted molar refractivity (Wildman–Crippen MR) is 135 cm³/mol. The second-order valence-electron chi connectivity index (χ2n) is 7.54. The van der Waals surface area contributed by atoms with Crippen molar-refractivity contribution in [1.29, 1.82) is 0 Å². The Bertz CT molecular complexity index is 1510. The maximum absolute atomic E-state index is 14.1. The Balaban J connectivity index is 1.58. The van der Waals surface area contributed by atoms with E-state index in [4.69, 9.17) is 0 Å². The number of carbonyl (C=O) groups is 1. The molecule has 2 aromatic heterocycles. The third-order valence-electron chi connectivity index (χ3n) is 5.03. The minimum atomic E-state index is -3.78. The van der Waals surface area contributed by atoms with Gasteiger partial charge in [-0.3, -0.25) is 4.79 Å². The number of aryl methyl sites for hydroxylation is 1. The van der Waals surface area contributed by atoms with Crippen LogP contribution in [0.15, 0.2) is 78.7 Å². The van der Waals surface area contributed by atoms with Gasteiger partial charge in [-0.2, -0.15) is 14.1 Å². The maximum Gasteiger partial charge on any atom is 0.256 e. The number of sulfonamides is 1. The number of aromatic nitrogens is 3. The van der Waals surface area contributed by atoms with Crippen molar-refractivity contribution in [2.75, 3.05) is 18.4 Å². The Morgan fingerprint density at radius 3 is 2.49 bits per heavy atom. The van der Waals surface area contributed by atoms with Crippen molar-refractivity contribution in [2.45, 2.75) is 11.8 Å². The van der Waals surface area contributed by atoms with Crippen LogP contribution in [0.2, 0.25) is 0 Å². The molecule has 0 unspecified atom stereocenters. The van der Waals surface area contributed by atoms with E-state index in [1.165, 1.54) is 62.8 Å². The first-order valence-corrected chi connectivity index (χ1v) is 12.8. The Morgan fingerprint density at radius 2 is 1.86 bits per heavy atom. The van der Waals surface area contributed by atoms with Gasteiger partial charge in [-0.1, -0.05) is 29.6 Å². The minimum Gasteiger partial charge on any atom is -0.306 e. The summed E-state index contributed by atoms with van der Waals surface area (Å²) in [6.45, 7) is 9.21.